The molecule has 0 bridgehead atoms. The Balaban J connectivity index is 2.18. The van der Waals surface area contributed by atoms with Crippen molar-refractivity contribution in [1.29, 1.82) is 0 Å². The van der Waals surface area contributed by atoms with Crippen LogP contribution in [0.5, 0.6) is 0 Å². The van der Waals surface area contributed by atoms with Crippen LogP contribution in [-0.4, -0.2) is 37.0 Å². The van der Waals surface area contributed by atoms with E-state index in [1.807, 2.05) is 7.05 Å². The van der Waals surface area contributed by atoms with Gasteiger partial charge in [-0.05, 0) is 31.2 Å². The summed E-state index contributed by atoms with van der Waals surface area (Å²) >= 11 is 11.8. The maximum absolute atomic E-state index is 12.2. The van der Waals surface area contributed by atoms with Crippen LogP contribution < -0.4 is 5.32 Å². The van der Waals surface area contributed by atoms with Gasteiger partial charge in [0.2, 0.25) is 0 Å². The Hall–Kier alpha value is -0.770. The summed E-state index contributed by atoms with van der Waals surface area (Å²) in [6.45, 7) is 1.80. The van der Waals surface area contributed by atoms with Gasteiger partial charge in [0, 0.05) is 24.7 Å². The van der Waals surface area contributed by atoms with E-state index in [4.69, 9.17) is 23.2 Å². The Kier molecular flexibility index (Phi) is 3.92. The minimum Gasteiger partial charge on any atom is -0.337 e. The summed E-state index contributed by atoms with van der Waals surface area (Å²) in [5.74, 6) is -0.0552. The van der Waals surface area contributed by atoms with Crippen LogP contribution in [0.3, 0.4) is 0 Å². The van der Waals surface area contributed by atoms with Gasteiger partial charge in [-0.15, -0.1) is 0 Å². The normalized spacial score (nSPS) is 19.4. The monoisotopic (exact) mass is 272 g/mol. The summed E-state index contributed by atoms with van der Waals surface area (Å²) < 4.78 is 0. The minimum absolute atomic E-state index is 0.0552. The predicted octanol–water partition coefficient (Wildman–Crippen LogP) is 2.43. The highest BCUT2D eigenvalue weighted by atomic mass is 35.5. The number of benzene rings is 1. The molecule has 1 aliphatic heterocycles. The number of nitrogens with one attached hydrogen (secondary N) is 1. The Morgan fingerprint density at radius 2 is 2.24 bits per heavy atom. The van der Waals surface area contributed by atoms with E-state index in [9.17, 15) is 4.79 Å². The zero-order valence-corrected chi connectivity index (χ0v) is 11.1. The van der Waals surface area contributed by atoms with Crippen LogP contribution in [-0.2, 0) is 0 Å². The topological polar surface area (TPSA) is 32.3 Å². The first-order valence-electron chi connectivity index (χ1n) is 5.52. The maximum atomic E-state index is 12.2. The molecular weight excluding hydrogens is 259 g/mol. The van der Waals surface area contributed by atoms with Crippen LogP contribution in [0.4, 0.5) is 0 Å². The Morgan fingerprint density at radius 1 is 1.47 bits per heavy atom. The van der Waals surface area contributed by atoms with E-state index in [0.29, 0.717) is 15.6 Å². The lowest BCUT2D eigenvalue weighted by atomic mass is 10.1. The number of hydrogen-bond donors (Lipinski definition) is 1. The molecule has 1 amide bonds. The van der Waals surface area contributed by atoms with Crippen molar-refractivity contribution in [2.45, 2.75) is 12.5 Å². The van der Waals surface area contributed by atoms with Gasteiger partial charge in [0.15, 0.2) is 0 Å². The second-order valence-corrected chi connectivity index (χ2v) is 5.03. The lowest BCUT2D eigenvalue weighted by Gasteiger charge is -2.24. The molecule has 1 heterocycles. The molecule has 0 saturated carbocycles. The van der Waals surface area contributed by atoms with Crippen LogP contribution in [0.1, 0.15) is 16.8 Å². The minimum atomic E-state index is -0.0552. The van der Waals surface area contributed by atoms with Gasteiger partial charge in [0.1, 0.15) is 0 Å². The number of hydrogen-bond acceptors (Lipinski definition) is 2. The van der Waals surface area contributed by atoms with E-state index in [1.54, 1.807) is 23.1 Å². The smallest absolute Gasteiger partial charge is 0.255 e. The van der Waals surface area contributed by atoms with Crippen LogP contribution in [0, 0.1) is 0 Å². The molecule has 0 spiro atoms. The van der Waals surface area contributed by atoms with Crippen molar-refractivity contribution in [1.82, 2.24) is 10.2 Å². The van der Waals surface area contributed by atoms with Crippen molar-refractivity contribution in [2.75, 3.05) is 20.1 Å². The highest BCUT2D eigenvalue weighted by Gasteiger charge is 2.25. The Bertz CT molecular complexity index is 431. The lowest BCUT2D eigenvalue weighted by molar-refractivity contribution is 0.0744. The molecule has 2 rings (SSSR count). The van der Waals surface area contributed by atoms with E-state index in [1.165, 1.54) is 0 Å². The third-order valence-corrected chi connectivity index (χ3v) is 3.61. The Morgan fingerprint density at radius 3 is 2.82 bits per heavy atom. The molecule has 0 aromatic heterocycles. The van der Waals surface area contributed by atoms with Gasteiger partial charge in [0.05, 0.1) is 10.6 Å². The average molecular weight is 273 g/mol. The number of halogens is 2. The number of carbonyl (C=O) groups is 1. The van der Waals surface area contributed by atoms with Gasteiger partial charge >= 0.3 is 0 Å². The fourth-order valence-electron chi connectivity index (χ4n) is 1.99. The molecule has 3 nitrogen and oxygen atoms in total. The molecule has 1 atom stereocenters. The first kappa shape index (κ1) is 12.7. The molecule has 1 N–H and O–H groups in total. The van der Waals surface area contributed by atoms with Crippen LogP contribution in [0.25, 0.3) is 0 Å². The number of likely N-dealkylation sites (N-methyl/N-ethyl adjacent to an activating group) is 1. The van der Waals surface area contributed by atoms with Crippen molar-refractivity contribution in [3.63, 3.8) is 0 Å². The highest BCUT2D eigenvalue weighted by molar-refractivity contribution is 6.36. The summed E-state index contributed by atoms with van der Waals surface area (Å²) in [7, 11) is 1.81. The summed E-state index contributed by atoms with van der Waals surface area (Å²) in [5.41, 5.74) is 0.505. The van der Waals surface area contributed by atoms with E-state index in [2.05, 4.69) is 5.32 Å². The lowest BCUT2D eigenvalue weighted by Crippen LogP contribution is -2.38. The molecule has 0 unspecified atom stereocenters. The fraction of sp³-hybridized carbons (Fsp3) is 0.417. The molecule has 1 saturated heterocycles. The summed E-state index contributed by atoms with van der Waals surface area (Å²) in [6.07, 6.45) is 0.980. The number of carbonyl (C=O) groups excluding carboxylic acids is 1. The van der Waals surface area contributed by atoms with Gasteiger partial charge in [-0.3, -0.25) is 4.79 Å². The predicted molar refractivity (Wildman–Crippen MR) is 69.8 cm³/mol. The summed E-state index contributed by atoms with van der Waals surface area (Å²) in [4.78, 5) is 14.0. The van der Waals surface area contributed by atoms with Crippen molar-refractivity contribution in [2.24, 2.45) is 0 Å². The molecule has 1 aliphatic rings. The second kappa shape index (κ2) is 5.25. The van der Waals surface area contributed by atoms with E-state index < -0.39 is 0 Å². The molecule has 92 valence electrons. The van der Waals surface area contributed by atoms with Gasteiger partial charge in [-0.1, -0.05) is 23.2 Å². The summed E-state index contributed by atoms with van der Waals surface area (Å²) in [6, 6.07) is 5.19. The van der Waals surface area contributed by atoms with E-state index in [-0.39, 0.29) is 11.9 Å². The quantitative estimate of drug-likeness (QED) is 0.897. The average Bonchev–Trinajstić information content (AvgIpc) is 2.80. The zero-order chi connectivity index (χ0) is 12.4. The standard InChI is InChI=1S/C12H14Cl2N2O/c1-16(9-4-5-15-7-9)12(17)10-3-2-8(13)6-11(10)14/h2-3,6,9,15H,4-5,7H2,1H3/t9-/m0/s1. The van der Waals surface area contributed by atoms with E-state index in [0.717, 1.165) is 19.5 Å². The molecule has 0 aliphatic carbocycles. The molecule has 1 aromatic carbocycles. The third kappa shape index (κ3) is 2.73. The van der Waals surface area contributed by atoms with Crippen molar-refractivity contribution in [3.8, 4) is 0 Å². The number of amides is 1. The SMILES string of the molecule is CN(C(=O)c1ccc(Cl)cc1Cl)[C@H]1CCNC1. The van der Waals surface area contributed by atoms with Gasteiger partial charge < -0.3 is 10.2 Å². The maximum Gasteiger partial charge on any atom is 0.255 e. The first-order valence-corrected chi connectivity index (χ1v) is 6.28. The van der Waals surface area contributed by atoms with Crippen molar-refractivity contribution < 1.29 is 4.79 Å². The summed E-state index contributed by atoms with van der Waals surface area (Å²) in [5, 5.41) is 4.18. The van der Waals surface area contributed by atoms with Crippen LogP contribution in [0.2, 0.25) is 10.0 Å². The molecule has 1 aromatic rings. The zero-order valence-electron chi connectivity index (χ0n) is 9.54. The van der Waals surface area contributed by atoms with Gasteiger partial charge in [0.25, 0.3) is 5.91 Å². The van der Waals surface area contributed by atoms with E-state index >= 15 is 0 Å². The highest BCUT2D eigenvalue weighted by Crippen LogP contribution is 2.23. The molecule has 0 radical (unpaired) electrons. The van der Waals surface area contributed by atoms with Crippen LogP contribution in [0.15, 0.2) is 18.2 Å². The molecular formula is C12H14Cl2N2O. The first-order chi connectivity index (χ1) is 8.09. The fourth-order valence-corrected chi connectivity index (χ4v) is 2.48. The molecule has 1 fully saturated rings. The van der Waals surface area contributed by atoms with Crippen LogP contribution >= 0.6 is 23.2 Å². The van der Waals surface area contributed by atoms with Crippen molar-refractivity contribution >= 4 is 29.1 Å². The Labute approximate surface area is 111 Å². The molecule has 5 heteroatoms. The number of nitrogens with zero attached hydrogens (tertiary/aromatic N) is 1. The number of rotatable bonds is 2. The third-order valence-electron chi connectivity index (χ3n) is 3.06. The largest absolute Gasteiger partial charge is 0.337 e. The van der Waals surface area contributed by atoms with Crippen molar-refractivity contribution in [3.05, 3.63) is 33.8 Å². The van der Waals surface area contributed by atoms with Gasteiger partial charge in [-0.25, -0.2) is 0 Å². The second-order valence-electron chi connectivity index (χ2n) is 4.19. The molecule has 17 heavy (non-hydrogen) atoms. The van der Waals surface area contributed by atoms with Gasteiger partial charge in [-0.2, -0.15) is 0 Å².